The minimum Gasteiger partial charge on any atom is -0.340 e. The summed E-state index contributed by atoms with van der Waals surface area (Å²) in [5.41, 5.74) is 7.79. The molecular formula is C21H21N5. The van der Waals surface area contributed by atoms with Crippen LogP contribution in [0.15, 0.2) is 48.9 Å². The molecule has 0 spiro atoms. The van der Waals surface area contributed by atoms with Crippen molar-refractivity contribution in [3.8, 4) is 5.69 Å². The van der Waals surface area contributed by atoms with Crippen molar-refractivity contribution in [3.63, 3.8) is 0 Å². The molecule has 2 aromatic carbocycles. The molecule has 5 heteroatoms. The number of hydrogen-bond donors (Lipinski definition) is 1. The van der Waals surface area contributed by atoms with Gasteiger partial charge in [-0.2, -0.15) is 5.10 Å². The Morgan fingerprint density at radius 1 is 0.808 bits per heavy atom. The first kappa shape index (κ1) is 16.3. The van der Waals surface area contributed by atoms with E-state index >= 15 is 0 Å². The van der Waals surface area contributed by atoms with E-state index in [1.807, 2.05) is 10.9 Å². The third-order valence-corrected chi connectivity index (χ3v) is 4.87. The molecule has 0 atom stereocenters. The second-order valence-corrected chi connectivity index (χ2v) is 6.71. The van der Waals surface area contributed by atoms with Gasteiger partial charge in [0.1, 0.15) is 12.1 Å². The van der Waals surface area contributed by atoms with Crippen LogP contribution in [0.4, 0.5) is 11.5 Å². The third-order valence-electron chi connectivity index (χ3n) is 4.87. The molecule has 0 aliphatic carbocycles. The van der Waals surface area contributed by atoms with Gasteiger partial charge in [-0.05, 0) is 74.2 Å². The van der Waals surface area contributed by atoms with Crippen molar-refractivity contribution in [3.05, 3.63) is 71.2 Å². The Morgan fingerprint density at radius 2 is 1.54 bits per heavy atom. The second-order valence-electron chi connectivity index (χ2n) is 6.71. The summed E-state index contributed by atoms with van der Waals surface area (Å²) in [4.78, 5) is 8.87. The normalized spacial score (nSPS) is 11.1. The van der Waals surface area contributed by atoms with Gasteiger partial charge < -0.3 is 5.32 Å². The molecule has 26 heavy (non-hydrogen) atoms. The van der Waals surface area contributed by atoms with Crippen LogP contribution in [0.3, 0.4) is 0 Å². The van der Waals surface area contributed by atoms with Crippen LogP contribution in [0.5, 0.6) is 0 Å². The van der Waals surface area contributed by atoms with Crippen molar-refractivity contribution < 1.29 is 0 Å². The van der Waals surface area contributed by atoms with E-state index in [0.717, 1.165) is 28.2 Å². The average molecular weight is 343 g/mol. The predicted molar refractivity (Wildman–Crippen MR) is 105 cm³/mol. The molecule has 0 saturated carbocycles. The number of nitrogens with zero attached hydrogens (tertiary/aromatic N) is 4. The van der Waals surface area contributed by atoms with Gasteiger partial charge in [-0.1, -0.05) is 12.1 Å². The zero-order valence-electron chi connectivity index (χ0n) is 15.4. The van der Waals surface area contributed by atoms with Crippen LogP contribution >= 0.6 is 0 Å². The van der Waals surface area contributed by atoms with Crippen LogP contribution in [-0.2, 0) is 0 Å². The first-order valence-corrected chi connectivity index (χ1v) is 8.63. The van der Waals surface area contributed by atoms with Crippen molar-refractivity contribution in [1.82, 2.24) is 19.7 Å². The number of fused-ring (bicyclic) bond motifs is 1. The molecule has 1 N–H and O–H groups in total. The Balaban J connectivity index is 1.77. The molecule has 0 aliphatic heterocycles. The van der Waals surface area contributed by atoms with Crippen LogP contribution in [0, 0.1) is 27.7 Å². The molecule has 5 nitrogen and oxygen atoms in total. The molecule has 130 valence electrons. The van der Waals surface area contributed by atoms with Crippen molar-refractivity contribution in [2.24, 2.45) is 0 Å². The highest BCUT2D eigenvalue weighted by molar-refractivity contribution is 5.89. The highest BCUT2D eigenvalue weighted by atomic mass is 15.3. The number of benzene rings is 2. The van der Waals surface area contributed by atoms with Gasteiger partial charge in [-0.3, -0.25) is 0 Å². The van der Waals surface area contributed by atoms with Crippen LogP contribution < -0.4 is 5.32 Å². The summed E-state index contributed by atoms with van der Waals surface area (Å²) in [6, 6.07) is 12.6. The Bertz CT molecular complexity index is 1110. The van der Waals surface area contributed by atoms with Gasteiger partial charge in [0.05, 0.1) is 17.3 Å². The molecule has 0 amide bonds. The van der Waals surface area contributed by atoms with E-state index in [0.29, 0.717) is 0 Å². The number of anilines is 2. The molecule has 0 aliphatic rings. The molecule has 4 rings (SSSR count). The second kappa shape index (κ2) is 6.26. The maximum absolute atomic E-state index is 4.54. The SMILES string of the molecule is Cc1ccc(Nc2ncnc3c2cnn3-c2ccc(C)c(C)c2)cc1C. The summed E-state index contributed by atoms with van der Waals surface area (Å²) in [5.74, 6) is 0.758. The van der Waals surface area contributed by atoms with E-state index < -0.39 is 0 Å². The minimum absolute atomic E-state index is 0.758. The summed E-state index contributed by atoms with van der Waals surface area (Å²) in [6.07, 6.45) is 3.39. The fourth-order valence-corrected chi connectivity index (χ4v) is 2.95. The topological polar surface area (TPSA) is 55.6 Å². The van der Waals surface area contributed by atoms with Crippen LogP contribution in [0.2, 0.25) is 0 Å². The smallest absolute Gasteiger partial charge is 0.168 e. The molecule has 0 radical (unpaired) electrons. The van der Waals surface area contributed by atoms with Gasteiger partial charge in [0.25, 0.3) is 0 Å². The highest BCUT2D eigenvalue weighted by Gasteiger charge is 2.12. The van der Waals surface area contributed by atoms with Gasteiger partial charge in [0.2, 0.25) is 0 Å². The Kier molecular flexibility index (Phi) is 3.92. The standard InChI is InChI=1S/C21H21N5/c1-13-5-7-17(9-15(13)3)25-20-19-11-24-26(21(19)23-12-22-20)18-8-6-14(2)16(4)10-18/h5-12H,1-4H3,(H,22,23,25). The summed E-state index contributed by atoms with van der Waals surface area (Å²) >= 11 is 0. The van der Waals surface area contributed by atoms with Gasteiger partial charge in [-0.25, -0.2) is 14.6 Å². The van der Waals surface area contributed by atoms with E-state index in [4.69, 9.17) is 0 Å². The molecule has 4 aromatic rings. The minimum atomic E-state index is 0.758. The van der Waals surface area contributed by atoms with Crippen LogP contribution in [-0.4, -0.2) is 19.7 Å². The fraction of sp³-hybridized carbons (Fsp3) is 0.190. The number of hydrogen-bond acceptors (Lipinski definition) is 4. The molecule has 0 fully saturated rings. The van der Waals surface area contributed by atoms with Crippen molar-refractivity contribution in [1.29, 1.82) is 0 Å². The zero-order chi connectivity index (χ0) is 18.3. The fourth-order valence-electron chi connectivity index (χ4n) is 2.95. The van der Waals surface area contributed by atoms with E-state index in [1.165, 1.54) is 22.3 Å². The first-order valence-electron chi connectivity index (χ1n) is 8.63. The summed E-state index contributed by atoms with van der Waals surface area (Å²) < 4.78 is 1.86. The van der Waals surface area contributed by atoms with Crippen molar-refractivity contribution in [2.45, 2.75) is 27.7 Å². The van der Waals surface area contributed by atoms with E-state index in [2.05, 4.69) is 84.5 Å². The van der Waals surface area contributed by atoms with E-state index in [9.17, 15) is 0 Å². The van der Waals surface area contributed by atoms with Gasteiger partial charge in [0.15, 0.2) is 5.65 Å². The predicted octanol–water partition coefficient (Wildman–Crippen LogP) is 4.79. The third kappa shape index (κ3) is 2.81. The highest BCUT2D eigenvalue weighted by Crippen LogP contribution is 2.26. The van der Waals surface area contributed by atoms with Crippen LogP contribution in [0.1, 0.15) is 22.3 Å². The molecule has 0 saturated heterocycles. The molecule has 0 unspecified atom stereocenters. The monoisotopic (exact) mass is 343 g/mol. The number of rotatable bonds is 3. The summed E-state index contributed by atoms with van der Waals surface area (Å²) in [6.45, 7) is 8.42. The van der Waals surface area contributed by atoms with E-state index in [1.54, 1.807) is 6.33 Å². The lowest BCUT2D eigenvalue weighted by Crippen LogP contribution is -2.00. The van der Waals surface area contributed by atoms with Crippen molar-refractivity contribution in [2.75, 3.05) is 5.32 Å². The Labute approximate surface area is 152 Å². The summed E-state index contributed by atoms with van der Waals surface area (Å²) in [5, 5.41) is 8.83. The molecule has 2 heterocycles. The maximum atomic E-state index is 4.54. The van der Waals surface area contributed by atoms with E-state index in [-0.39, 0.29) is 0 Å². The number of aromatic nitrogens is 4. The number of aryl methyl sites for hydroxylation is 4. The van der Waals surface area contributed by atoms with Crippen LogP contribution in [0.25, 0.3) is 16.7 Å². The van der Waals surface area contributed by atoms with Gasteiger partial charge >= 0.3 is 0 Å². The summed E-state index contributed by atoms with van der Waals surface area (Å²) in [7, 11) is 0. The molecule has 0 bridgehead atoms. The lowest BCUT2D eigenvalue weighted by Gasteiger charge is -2.09. The number of nitrogens with one attached hydrogen (secondary N) is 1. The van der Waals surface area contributed by atoms with Crippen molar-refractivity contribution >= 4 is 22.5 Å². The largest absolute Gasteiger partial charge is 0.340 e. The first-order chi connectivity index (χ1) is 12.5. The Morgan fingerprint density at radius 3 is 2.27 bits per heavy atom. The lowest BCUT2D eigenvalue weighted by atomic mass is 10.1. The Hall–Kier alpha value is -3.21. The quantitative estimate of drug-likeness (QED) is 0.581. The van der Waals surface area contributed by atoms with Gasteiger partial charge in [0, 0.05) is 5.69 Å². The lowest BCUT2D eigenvalue weighted by molar-refractivity contribution is 0.893. The zero-order valence-corrected chi connectivity index (χ0v) is 15.4. The maximum Gasteiger partial charge on any atom is 0.168 e. The average Bonchev–Trinajstić information content (AvgIpc) is 3.06. The molecule has 2 aromatic heterocycles. The molecular weight excluding hydrogens is 322 g/mol. The van der Waals surface area contributed by atoms with Gasteiger partial charge in [-0.15, -0.1) is 0 Å².